The lowest BCUT2D eigenvalue weighted by atomic mass is 9.99. The summed E-state index contributed by atoms with van der Waals surface area (Å²) in [7, 11) is 1.66. The van der Waals surface area contributed by atoms with Gasteiger partial charge in [-0.3, -0.25) is 0 Å². The monoisotopic (exact) mass is 342 g/mol. The van der Waals surface area contributed by atoms with Crippen molar-refractivity contribution in [1.29, 1.82) is 0 Å². The Labute approximate surface area is 148 Å². The van der Waals surface area contributed by atoms with Gasteiger partial charge < -0.3 is 20.5 Å². The number of nitrogens with one attached hydrogen (secondary N) is 2. The molecule has 1 aliphatic carbocycles. The van der Waals surface area contributed by atoms with E-state index in [9.17, 15) is 9.90 Å². The van der Waals surface area contributed by atoms with Crippen LogP contribution in [0.3, 0.4) is 0 Å². The van der Waals surface area contributed by atoms with Crippen LogP contribution in [0.1, 0.15) is 44.2 Å². The van der Waals surface area contributed by atoms with Gasteiger partial charge >= 0.3 is 6.03 Å². The number of rotatable bonds is 5. The van der Waals surface area contributed by atoms with Crippen molar-refractivity contribution >= 4 is 16.8 Å². The molecule has 0 radical (unpaired) electrons. The number of benzene rings is 2. The summed E-state index contributed by atoms with van der Waals surface area (Å²) in [6.07, 6.45) is 3.77. The van der Waals surface area contributed by atoms with E-state index in [0.29, 0.717) is 0 Å². The number of fused-ring (bicyclic) bond motifs is 1. The molecule has 0 aliphatic heterocycles. The molecular weight excluding hydrogens is 316 g/mol. The number of aliphatic hydroxyl groups excluding tert-OH is 1. The van der Waals surface area contributed by atoms with Gasteiger partial charge in [0, 0.05) is 0 Å². The summed E-state index contributed by atoms with van der Waals surface area (Å²) in [5.41, 5.74) is 0.585. The van der Waals surface area contributed by atoms with Crippen LogP contribution in [0.5, 0.6) is 5.75 Å². The van der Waals surface area contributed by atoms with Gasteiger partial charge in [-0.05, 0) is 54.3 Å². The molecule has 1 fully saturated rings. The van der Waals surface area contributed by atoms with E-state index in [4.69, 9.17) is 4.74 Å². The third kappa shape index (κ3) is 3.87. The zero-order valence-electron chi connectivity index (χ0n) is 14.8. The van der Waals surface area contributed by atoms with E-state index in [-0.39, 0.29) is 18.7 Å². The van der Waals surface area contributed by atoms with Crippen LogP contribution in [0.15, 0.2) is 36.4 Å². The molecule has 134 valence electrons. The molecule has 0 spiro atoms. The van der Waals surface area contributed by atoms with Crippen molar-refractivity contribution in [2.75, 3.05) is 13.7 Å². The fourth-order valence-corrected chi connectivity index (χ4v) is 3.57. The third-order valence-corrected chi connectivity index (χ3v) is 5.16. The number of ether oxygens (including phenoxy) is 1. The Hall–Kier alpha value is -2.27. The molecule has 2 amide bonds. The summed E-state index contributed by atoms with van der Waals surface area (Å²) < 4.78 is 5.25. The van der Waals surface area contributed by atoms with Gasteiger partial charge in [-0.2, -0.15) is 0 Å². The highest BCUT2D eigenvalue weighted by Crippen LogP contribution is 2.29. The number of amides is 2. The topological polar surface area (TPSA) is 70.6 Å². The Balaban J connectivity index is 1.69. The number of methoxy groups -OCH3 is 1. The van der Waals surface area contributed by atoms with Crippen LogP contribution < -0.4 is 15.4 Å². The van der Waals surface area contributed by atoms with Crippen LogP contribution in [0.4, 0.5) is 4.79 Å². The summed E-state index contributed by atoms with van der Waals surface area (Å²) in [4.78, 5) is 12.3. The molecule has 1 aliphatic rings. The maximum atomic E-state index is 12.3. The molecule has 2 aromatic rings. The number of carbonyl (C=O) groups is 1. The first-order valence-corrected chi connectivity index (χ1v) is 8.82. The van der Waals surface area contributed by atoms with Crippen molar-refractivity contribution in [3.8, 4) is 5.75 Å². The molecule has 3 rings (SSSR count). The Kier molecular flexibility index (Phi) is 5.13. The maximum Gasteiger partial charge on any atom is 0.315 e. The summed E-state index contributed by atoms with van der Waals surface area (Å²) >= 11 is 0. The van der Waals surface area contributed by atoms with Gasteiger partial charge in [0.15, 0.2) is 0 Å². The molecular formula is C20H26N2O3. The third-order valence-electron chi connectivity index (χ3n) is 5.16. The number of hydrogen-bond donors (Lipinski definition) is 3. The maximum absolute atomic E-state index is 12.3. The van der Waals surface area contributed by atoms with E-state index >= 15 is 0 Å². The molecule has 3 N–H and O–H groups in total. The predicted molar refractivity (Wildman–Crippen MR) is 98.9 cm³/mol. The highest BCUT2D eigenvalue weighted by Gasteiger charge is 2.34. The Bertz CT molecular complexity index is 754. The van der Waals surface area contributed by atoms with E-state index in [1.165, 1.54) is 0 Å². The number of aliphatic hydroxyl groups is 1. The summed E-state index contributed by atoms with van der Waals surface area (Å²) in [5, 5.41) is 17.8. The van der Waals surface area contributed by atoms with Crippen molar-refractivity contribution < 1.29 is 14.6 Å². The minimum atomic E-state index is -0.455. The van der Waals surface area contributed by atoms with Crippen LogP contribution in [-0.2, 0) is 0 Å². The second kappa shape index (κ2) is 7.31. The van der Waals surface area contributed by atoms with Gasteiger partial charge in [0.25, 0.3) is 0 Å². The highest BCUT2D eigenvalue weighted by molar-refractivity contribution is 5.85. The van der Waals surface area contributed by atoms with E-state index < -0.39 is 5.54 Å². The highest BCUT2D eigenvalue weighted by atomic mass is 16.5. The first-order valence-electron chi connectivity index (χ1n) is 8.82. The van der Waals surface area contributed by atoms with Crippen molar-refractivity contribution in [3.05, 3.63) is 42.0 Å². The van der Waals surface area contributed by atoms with Crippen molar-refractivity contribution in [2.24, 2.45) is 0 Å². The quantitative estimate of drug-likeness (QED) is 0.779. The largest absolute Gasteiger partial charge is 0.497 e. The minimum Gasteiger partial charge on any atom is -0.497 e. The van der Waals surface area contributed by atoms with E-state index in [1.54, 1.807) is 7.11 Å². The summed E-state index contributed by atoms with van der Waals surface area (Å²) in [6, 6.07) is 11.7. The zero-order chi connectivity index (χ0) is 17.9. The predicted octanol–water partition coefficient (Wildman–Crippen LogP) is 3.51. The number of carbonyl (C=O) groups excluding carboxylic acids is 1. The van der Waals surface area contributed by atoms with Crippen molar-refractivity contribution in [2.45, 2.75) is 44.2 Å². The molecule has 1 atom stereocenters. The lowest BCUT2D eigenvalue weighted by Crippen LogP contribution is -2.53. The van der Waals surface area contributed by atoms with Gasteiger partial charge in [0.05, 0.1) is 25.3 Å². The molecule has 0 bridgehead atoms. The fraction of sp³-hybridized carbons (Fsp3) is 0.450. The van der Waals surface area contributed by atoms with Crippen LogP contribution in [0.2, 0.25) is 0 Å². The van der Waals surface area contributed by atoms with Crippen LogP contribution in [0, 0.1) is 0 Å². The second-order valence-electron chi connectivity index (χ2n) is 6.94. The van der Waals surface area contributed by atoms with Crippen LogP contribution >= 0.6 is 0 Å². The standard InChI is InChI=1S/C20H26N2O3/c1-14(21-19(24)22-20(13-23)9-3-4-10-20)15-5-6-17-12-18(25-2)8-7-16(17)11-15/h5-8,11-12,14,23H,3-4,9-10,13H2,1-2H3,(H2,21,22,24). The molecule has 0 aromatic heterocycles. The summed E-state index contributed by atoms with van der Waals surface area (Å²) in [5.74, 6) is 0.830. The van der Waals surface area contributed by atoms with Gasteiger partial charge in [0.2, 0.25) is 0 Å². The smallest absolute Gasteiger partial charge is 0.315 e. The lowest BCUT2D eigenvalue weighted by Gasteiger charge is -2.29. The number of hydrogen-bond acceptors (Lipinski definition) is 3. The van der Waals surface area contributed by atoms with Gasteiger partial charge in [-0.1, -0.05) is 31.0 Å². The SMILES string of the molecule is COc1ccc2cc(C(C)NC(=O)NC3(CO)CCCC3)ccc2c1. The average Bonchev–Trinajstić information content (AvgIpc) is 3.09. The van der Waals surface area contributed by atoms with E-state index in [1.807, 2.05) is 37.3 Å². The molecule has 5 nitrogen and oxygen atoms in total. The fourth-order valence-electron chi connectivity index (χ4n) is 3.57. The zero-order valence-corrected chi connectivity index (χ0v) is 14.8. The molecule has 0 heterocycles. The first kappa shape index (κ1) is 17.5. The molecule has 5 heteroatoms. The van der Waals surface area contributed by atoms with Gasteiger partial charge in [-0.25, -0.2) is 4.79 Å². The average molecular weight is 342 g/mol. The van der Waals surface area contributed by atoms with Gasteiger partial charge in [0.1, 0.15) is 5.75 Å². The Morgan fingerprint density at radius 1 is 1.20 bits per heavy atom. The minimum absolute atomic E-state index is 0.00733. The van der Waals surface area contributed by atoms with E-state index in [0.717, 1.165) is 47.8 Å². The van der Waals surface area contributed by atoms with Crippen molar-refractivity contribution in [1.82, 2.24) is 10.6 Å². The van der Waals surface area contributed by atoms with Crippen LogP contribution in [0.25, 0.3) is 10.8 Å². The second-order valence-corrected chi connectivity index (χ2v) is 6.94. The first-order chi connectivity index (χ1) is 12.0. The lowest BCUT2D eigenvalue weighted by molar-refractivity contribution is 0.162. The van der Waals surface area contributed by atoms with E-state index in [2.05, 4.69) is 16.7 Å². The molecule has 2 aromatic carbocycles. The van der Waals surface area contributed by atoms with Crippen molar-refractivity contribution in [3.63, 3.8) is 0 Å². The molecule has 0 saturated heterocycles. The Morgan fingerprint density at radius 3 is 2.56 bits per heavy atom. The molecule has 1 unspecified atom stereocenters. The summed E-state index contributed by atoms with van der Waals surface area (Å²) in [6.45, 7) is 1.96. The molecule has 25 heavy (non-hydrogen) atoms. The molecule has 1 saturated carbocycles. The Morgan fingerprint density at radius 2 is 1.88 bits per heavy atom. The van der Waals surface area contributed by atoms with Gasteiger partial charge in [-0.15, -0.1) is 0 Å². The normalized spacial score (nSPS) is 17.2. The van der Waals surface area contributed by atoms with Crippen LogP contribution in [-0.4, -0.2) is 30.4 Å². The number of urea groups is 1.